The van der Waals surface area contributed by atoms with Crippen LogP contribution in [0.5, 0.6) is 0 Å². The lowest BCUT2D eigenvalue weighted by molar-refractivity contribution is 0.788. The van der Waals surface area contributed by atoms with Gasteiger partial charge >= 0.3 is 0 Å². The van der Waals surface area contributed by atoms with E-state index in [1.165, 1.54) is 0 Å². The van der Waals surface area contributed by atoms with Crippen LogP contribution in [-0.2, 0) is 12.8 Å². The Labute approximate surface area is 109 Å². The molecule has 1 aromatic carbocycles. The second-order valence-electron chi connectivity index (χ2n) is 3.77. The van der Waals surface area contributed by atoms with Crippen LogP contribution >= 0.6 is 15.9 Å². The Morgan fingerprint density at radius 3 is 2.65 bits per heavy atom. The molecule has 0 amide bonds. The Balaban J connectivity index is 2.55. The summed E-state index contributed by atoms with van der Waals surface area (Å²) in [5, 5.41) is 4.50. The molecule has 2 rings (SSSR count). The molecule has 1 heterocycles. The van der Waals surface area contributed by atoms with Crippen molar-refractivity contribution in [1.29, 1.82) is 0 Å². The molecule has 1 aromatic heterocycles. The molecule has 0 aliphatic heterocycles. The van der Waals surface area contributed by atoms with Crippen molar-refractivity contribution >= 4 is 21.6 Å². The fourth-order valence-electron chi connectivity index (χ4n) is 1.66. The van der Waals surface area contributed by atoms with Crippen LogP contribution in [0.25, 0.3) is 5.69 Å². The molecule has 0 aliphatic carbocycles. The molecule has 0 saturated heterocycles. The van der Waals surface area contributed by atoms with Gasteiger partial charge in [-0.05, 0) is 34.1 Å². The molecular weight excluding hydrogens is 280 g/mol. The van der Waals surface area contributed by atoms with E-state index in [-0.39, 0.29) is 0 Å². The SMILES string of the molecule is CCc1nc(CC)n(-c2ccc(N)cc2Br)n1. The lowest BCUT2D eigenvalue weighted by Crippen LogP contribution is -2.03. The molecule has 0 saturated carbocycles. The molecule has 0 spiro atoms. The van der Waals surface area contributed by atoms with Crippen LogP contribution in [0.4, 0.5) is 5.69 Å². The predicted molar refractivity (Wildman–Crippen MR) is 72.2 cm³/mol. The third-order valence-electron chi connectivity index (χ3n) is 2.55. The molecule has 0 atom stereocenters. The summed E-state index contributed by atoms with van der Waals surface area (Å²) in [4.78, 5) is 4.49. The van der Waals surface area contributed by atoms with Crippen molar-refractivity contribution in [2.24, 2.45) is 0 Å². The summed E-state index contributed by atoms with van der Waals surface area (Å²) in [7, 11) is 0. The third-order valence-corrected chi connectivity index (χ3v) is 3.19. The monoisotopic (exact) mass is 294 g/mol. The molecule has 2 aromatic rings. The van der Waals surface area contributed by atoms with Gasteiger partial charge in [-0.25, -0.2) is 9.67 Å². The number of nitrogens with two attached hydrogens (primary N) is 1. The van der Waals surface area contributed by atoms with Gasteiger partial charge in [0.1, 0.15) is 5.82 Å². The smallest absolute Gasteiger partial charge is 0.151 e. The van der Waals surface area contributed by atoms with Gasteiger partial charge in [-0.15, -0.1) is 0 Å². The summed E-state index contributed by atoms with van der Waals surface area (Å²) in [6.07, 6.45) is 1.69. The van der Waals surface area contributed by atoms with Crippen molar-refractivity contribution in [3.63, 3.8) is 0 Å². The first-order valence-corrected chi connectivity index (χ1v) is 6.45. The maximum atomic E-state index is 5.73. The number of benzene rings is 1. The van der Waals surface area contributed by atoms with Gasteiger partial charge in [0.25, 0.3) is 0 Å². The highest BCUT2D eigenvalue weighted by Crippen LogP contribution is 2.24. The molecule has 0 unspecified atom stereocenters. The van der Waals surface area contributed by atoms with Crippen molar-refractivity contribution in [1.82, 2.24) is 14.8 Å². The fourth-order valence-corrected chi connectivity index (χ4v) is 2.22. The summed E-state index contributed by atoms with van der Waals surface area (Å²) in [5.74, 6) is 1.83. The Morgan fingerprint density at radius 2 is 2.06 bits per heavy atom. The topological polar surface area (TPSA) is 56.7 Å². The van der Waals surface area contributed by atoms with E-state index >= 15 is 0 Å². The van der Waals surface area contributed by atoms with Crippen LogP contribution in [0.15, 0.2) is 22.7 Å². The summed E-state index contributed by atoms with van der Waals surface area (Å²) in [5.41, 5.74) is 7.44. The summed E-state index contributed by atoms with van der Waals surface area (Å²) < 4.78 is 2.81. The quantitative estimate of drug-likeness (QED) is 0.886. The van der Waals surface area contributed by atoms with Crippen LogP contribution < -0.4 is 5.73 Å². The first-order chi connectivity index (χ1) is 8.15. The van der Waals surface area contributed by atoms with Gasteiger partial charge in [0, 0.05) is 23.0 Å². The van der Waals surface area contributed by atoms with Crippen molar-refractivity contribution < 1.29 is 0 Å². The summed E-state index contributed by atoms with van der Waals surface area (Å²) in [6, 6.07) is 5.70. The van der Waals surface area contributed by atoms with E-state index in [1.54, 1.807) is 0 Å². The number of halogens is 1. The minimum atomic E-state index is 0.731. The van der Waals surface area contributed by atoms with Crippen molar-refractivity contribution in [3.8, 4) is 5.69 Å². The van der Waals surface area contributed by atoms with Gasteiger partial charge in [-0.3, -0.25) is 0 Å². The highest BCUT2D eigenvalue weighted by Gasteiger charge is 2.11. The van der Waals surface area contributed by atoms with Gasteiger partial charge in [0.2, 0.25) is 0 Å². The zero-order valence-corrected chi connectivity index (χ0v) is 11.5. The Morgan fingerprint density at radius 1 is 1.29 bits per heavy atom. The third kappa shape index (κ3) is 2.34. The number of hydrogen-bond donors (Lipinski definition) is 1. The lowest BCUT2D eigenvalue weighted by atomic mass is 10.3. The van der Waals surface area contributed by atoms with E-state index in [9.17, 15) is 0 Å². The average molecular weight is 295 g/mol. The molecule has 0 fully saturated rings. The summed E-state index contributed by atoms with van der Waals surface area (Å²) >= 11 is 3.51. The van der Waals surface area contributed by atoms with E-state index in [1.807, 2.05) is 22.9 Å². The normalized spacial score (nSPS) is 10.8. The Hall–Kier alpha value is -1.36. The first-order valence-electron chi connectivity index (χ1n) is 5.66. The molecule has 5 heteroatoms. The van der Waals surface area contributed by atoms with Gasteiger partial charge in [-0.2, -0.15) is 5.10 Å². The van der Waals surface area contributed by atoms with Crippen LogP contribution in [0.2, 0.25) is 0 Å². The van der Waals surface area contributed by atoms with Crippen LogP contribution in [0.1, 0.15) is 25.5 Å². The number of aryl methyl sites for hydroxylation is 2. The fraction of sp³-hybridized carbons (Fsp3) is 0.333. The zero-order valence-electron chi connectivity index (χ0n) is 9.94. The molecule has 0 aliphatic rings. The number of rotatable bonds is 3. The number of aromatic nitrogens is 3. The highest BCUT2D eigenvalue weighted by atomic mass is 79.9. The number of nitrogen functional groups attached to an aromatic ring is 1. The molecule has 2 N–H and O–H groups in total. The van der Waals surface area contributed by atoms with Crippen molar-refractivity contribution in [2.45, 2.75) is 26.7 Å². The zero-order chi connectivity index (χ0) is 12.4. The summed E-state index contributed by atoms with van der Waals surface area (Å²) in [6.45, 7) is 4.13. The Bertz CT molecular complexity index is 533. The minimum Gasteiger partial charge on any atom is -0.399 e. The van der Waals surface area contributed by atoms with E-state index in [4.69, 9.17) is 5.73 Å². The second-order valence-corrected chi connectivity index (χ2v) is 4.63. The highest BCUT2D eigenvalue weighted by molar-refractivity contribution is 9.10. The van der Waals surface area contributed by atoms with Crippen molar-refractivity contribution in [3.05, 3.63) is 34.3 Å². The number of nitrogens with zero attached hydrogens (tertiary/aromatic N) is 3. The first kappa shape index (κ1) is 12.1. The van der Waals surface area contributed by atoms with E-state index in [2.05, 4.69) is 39.9 Å². The van der Waals surface area contributed by atoms with Crippen LogP contribution in [0.3, 0.4) is 0 Å². The Kier molecular flexibility index (Phi) is 3.47. The van der Waals surface area contributed by atoms with Crippen molar-refractivity contribution in [2.75, 3.05) is 5.73 Å². The maximum Gasteiger partial charge on any atom is 0.151 e. The van der Waals surface area contributed by atoms with Gasteiger partial charge in [0.05, 0.1) is 5.69 Å². The standard InChI is InChI=1S/C12H15BrN4/c1-3-11-15-12(4-2)17(16-11)10-6-5-8(14)7-9(10)13/h5-7H,3-4,14H2,1-2H3. The van der Waals surface area contributed by atoms with Crippen LogP contribution in [0, 0.1) is 0 Å². The second kappa shape index (κ2) is 4.87. The van der Waals surface area contributed by atoms with E-state index in [0.717, 1.165) is 40.3 Å². The van der Waals surface area contributed by atoms with Crippen LogP contribution in [-0.4, -0.2) is 14.8 Å². The number of anilines is 1. The van der Waals surface area contributed by atoms with Gasteiger partial charge in [-0.1, -0.05) is 13.8 Å². The lowest BCUT2D eigenvalue weighted by Gasteiger charge is -2.07. The average Bonchev–Trinajstić information content (AvgIpc) is 2.72. The molecule has 4 nitrogen and oxygen atoms in total. The largest absolute Gasteiger partial charge is 0.399 e. The maximum absolute atomic E-state index is 5.73. The molecule has 0 radical (unpaired) electrons. The minimum absolute atomic E-state index is 0.731. The molecule has 90 valence electrons. The van der Waals surface area contributed by atoms with E-state index < -0.39 is 0 Å². The van der Waals surface area contributed by atoms with E-state index in [0.29, 0.717) is 0 Å². The molecular formula is C12H15BrN4. The predicted octanol–water partition coefficient (Wildman–Crippen LogP) is 2.74. The number of hydrogen-bond acceptors (Lipinski definition) is 3. The molecule has 17 heavy (non-hydrogen) atoms. The van der Waals surface area contributed by atoms with Gasteiger partial charge in [0.15, 0.2) is 5.82 Å². The van der Waals surface area contributed by atoms with Gasteiger partial charge < -0.3 is 5.73 Å². The molecule has 0 bridgehead atoms.